The van der Waals surface area contributed by atoms with Crippen molar-refractivity contribution in [1.82, 2.24) is 9.97 Å². The molecule has 0 aromatic carbocycles. The van der Waals surface area contributed by atoms with Crippen LogP contribution in [0.3, 0.4) is 0 Å². The number of nitrogens with two attached hydrogens (primary N) is 1. The minimum Gasteiger partial charge on any atom is -0.356 e. The highest BCUT2D eigenvalue weighted by Gasteiger charge is 2.08. The van der Waals surface area contributed by atoms with Crippen LogP contribution in [-0.4, -0.2) is 29.6 Å². The summed E-state index contributed by atoms with van der Waals surface area (Å²) in [6, 6.07) is 0. The molecule has 0 aliphatic rings. The average molecular weight is 259 g/mol. The van der Waals surface area contributed by atoms with Gasteiger partial charge in [0.25, 0.3) is 0 Å². The van der Waals surface area contributed by atoms with E-state index in [1.807, 2.05) is 0 Å². The molecule has 1 aromatic rings. The quantitative estimate of drug-likeness (QED) is 0.868. The van der Waals surface area contributed by atoms with Crippen molar-refractivity contribution in [2.45, 2.75) is 13.3 Å². The minimum atomic E-state index is 0.708. The van der Waals surface area contributed by atoms with Crippen molar-refractivity contribution in [3.05, 3.63) is 17.0 Å². The summed E-state index contributed by atoms with van der Waals surface area (Å²) in [4.78, 5) is 10.3. The first kappa shape index (κ1) is 11.4. The van der Waals surface area contributed by atoms with Gasteiger partial charge >= 0.3 is 0 Å². The largest absolute Gasteiger partial charge is 0.356 e. The Balaban J connectivity index is 2.73. The number of hydrogen-bond donors (Lipinski definition) is 1. The molecule has 0 saturated carbocycles. The van der Waals surface area contributed by atoms with E-state index >= 15 is 0 Å². The molecule has 1 rings (SSSR count). The van der Waals surface area contributed by atoms with E-state index in [1.165, 1.54) is 0 Å². The van der Waals surface area contributed by atoms with Crippen LogP contribution in [-0.2, 0) is 0 Å². The summed E-state index contributed by atoms with van der Waals surface area (Å²) >= 11 is 3.43. The van der Waals surface area contributed by atoms with Crippen molar-refractivity contribution in [1.29, 1.82) is 0 Å². The zero-order valence-corrected chi connectivity index (χ0v) is 9.87. The number of hydrogen-bond acceptors (Lipinski definition) is 4. The standard InChI is InChI=1S/C9H15BrN4/c1-2-14(5-3-4-11)9-8(10)6-12-7-13-9/h6-7H,2-5,11H2,1H3. The molecule has 14 heavy (non-hydrogen) atoms. The Hall–Kier alpha value is -0.680. The van der Waals surface area contributed by atoms with Crippen LogP contribution in [0.15, 0.2) is 17.0 Å². The predicted molar refractivity (Wildman–Crippen MR) is 61.3 cm³/mol. The van der Waals surface area contributed by atoms with Crippen LogP contribution in [0, 0.1) is 0 Å². The number of nitrogens with zero attached hydrogens (tertiary/aromatic N) is 3. The van der Waals surface area contributed by atoms with Crippen molar-refractivity contribution >= 4 is 21.7 Å². The van der Waals surface area contributed by atoms with Gasteiger partial charge in [0.15, 0.2) is 0 Å². The number of anilines is 1. The maximum absolute atomic E-state index is 5.48. The van der Waals surface area contributed by atoms with Crippen molar-refractivity contribution in [3.63, 3.8) is 0 Å². The summed E-state index contributed by atoms with van der Waals surface area (Å²) in [5.74, 6) is 0.941. The van der Waals surface area contributed by atoms with Crippen LogP contribution in [0.25, 0.3) is 0 Å². The van der Waals surface area contributed by atoms with Crippen molar-refractivity contribution in [2.24, 2.45) is 5.73 Å². The first-order valence-electron chi connectivity index (χ1n) is 4.70. The first-order valence-corrected chi connectivity index (χ1v) is 5.49. The van der Waals surface area contributed by atoms with E-state index in [-0.39, 0.29) is 0 Å². The molecule has 0 aliphatic carbocycles. The molecule has 0 unspecified atom stereocenters. The second kappa shape index (κ2) is 5.93. The summed E-state index contributed by atoms with van der Waals surface area (Å²) in [7, 11) is 0. The summed E-state index contributed by atoms with van der Waals surface area (Å²) in [5.41, 5.74) is 5.48. The predicted octanol–water partition coefficient (Wildman–Crippen LogP) is 1.41. The second-order valence-electron chi connectivity index (χ2n) is 2.92. The molecule has 0 atom stereocenters. The van der Waals surface area contributed by atoms with Gasteiger partial charge in [0, 0.05) is 19.3 Å². The molecule has 0 fully saturated rings. The molecule has 0 bridgehead atoms. The third kappa shape index (κ3) is 2.92. The van der Waals surface area contributed by atoms with E-state index < -0.39 is 0 Å². The van der Waals surface area contributed by atoms with Crippen molar-refractivity contribution < 1.29 is 0 Å². The fraction of sp³-hybridized carbons (Fsp3) is 0.556. The van der Waals surface area contributed by atoms with Crippen LogP contribution >= 0.6 is 15.9 Å². The molecule has 4 nitrogen and oxygen atoms in total. The molecule has 1 aromatic heterocycles. The van der Waals surface area contributed by atoms with Crippen LogP contribution in [0.1, 0.15) is 13.3 Å². The van der Waals surface area contributed by atoms with E-state index in [9.17, 15) is 0 Å². The highest BCUT2D eigenvalue weighted by atomic mass is 79.9. The Bertz CT molecular complexity index is 279. The van der Waals surface area contributed by atoms with E-state index in [2.05, 4.69) is 37.7 Å². The molecule has 1 heterocycles. The molecule has 5 heteroatoms. The topological polar surface area (TPSA) is 55.0 Å². The van der Waals surface area contributed by atoms with E-state index in [4.69, 9.17) is 5.73 Å². The Morgan fingerprint density at radius 1 is 1.57 bits per heavy atom. The van der Waals surface area contributed by atoms with Gasteiger partial charge in [-0.1, -0.05) is 0 Å². The maximum Gasteiger partial charge on any atom is 0.146 e. The smallest absolute Gasteiger partial charge is 0.146 e. The van der Waals surface area contributed by atoms with Gasteiger partial charge in [-0.25, -0.2) is 9.97 Å². The lowest BCUT2D eigenvalue weighted by molar-refractivity contribution is 0.741. The SMILES string of the molecule is CCN(CCCN)c1ncncc1Br. The van der Waals surface area contributed by atoms with Crippen LogP contribution in [0.2, 0.25) is 0 Å². The van der Waals surface area contributed by atoms with E-state index in [0.717, 1.165) is 29.8 Å². The lowest BCUT2D eigenvalue weighted by Gasteiger charge is -2.22. The van der Waals surface area contributed by atoms with Gasteiger partial charge in [0.05, 0.1) is 4.47 Å². The fourth-order valence-electron chi connectivity index (χ4n) is 1.23. The minimum absolute atomic E-state index is 0.708. The number of rotatable bonds is 5. The zero-order valence-electron chi connectivity index (χ0n) is 8.28. The van der Waals surface area contributed by atoms with Gasteiger partial charge in [-0.05, 0) is 35.8 Å². The lowest BCUT2D eigenvalue weighted by Crippen LogP contribution is -2.26. The van der Waals surface area contributed by atoms with Crippen molar-refractivity contribution in [3.8, 4) is 0 Å². The molecule has 0 spiro atoms. The third-order valence-electron chi connectivity index (χ3n) is 1.96. The van der Waals surface area contributed by atoms with E-state index in [1.54, 1.807) is 12.5 Å². The molecular weight excluding hydrogens is 244 g/mol. The lowest BCUT2D eigenvalue weighted by atomic mass is 10.3. The molecule has 78 valence electrons. The fourth-order valence-corrected chi connectivity index (χ4v) is 1.71. The zero-order chi connectivity index (χ0) is 10.4. The summed E-state index contributed by atoms with van der Waals surface area (Å²) in [6.45, 7) is 4.67. The monoisotopic (exact) mass is 258 g/mol. The molecule has 2 N–H and O–H groups in total. The summed E-state index contributed by atoms with van der Waals surface area (Å²) < 4.78 is 0.930. The Labute approximate surface area is 92.7 Å². The van der Waals surface area contributed by atoms with Gasteiger partial charge in [0.2, 0.25) is 0 Å². The molecular formula is C9H15BrN4. The van der Waals surface area contributed by atoms with Crippen molar-refractivity contribution in [2.75, 3.05) is 24.5 Å². The van der Waals surface area contributed by atoms with Gasteiger partial charge in [-0.3, -0.25) is 0 Å². The molecule has 0 saturated heterocycles. The molecule has 0 radical (unpaired) electrons. The number of aromatic nitrogens is 2. The summed E-state index contributed by atoms with van der Waals surface area (Å²) in [5, 5.41) is 0. The van der Waals surface area contributed by atoms with Gasteiger partial charge in [-0.15, -0.1) is 0 Å². The van der Waals surface area contributed by atoms with Crippen LogP contribution < -0.4 is 10.6 Å². The van der Waals surface area contributed by atoms with Gasteiger partial charge in [-0.2, -0.15) is 0 Å². The highest BCUT2D eigenvalue weighted by Crippen LogP contribution is 2.21. The van der Waals surface area contributed by atoms with Crippen LogP contribution in [0.5, 0.6) is 0 Å². The maximum atomic E-state index is 5.48. The average Bonchev–Trinajstić information content (AvgIpc) is 2.21. The first-order chi connectivity index (χ1) is 6.79. The Kier molecular flexibility index (Phi) is 4.82. The number of halogens is 1. The highest BCUT2D eigenvalue weighted by molar-refractivity contribution is 9.10. The summed E-state index contributed by atoms with van der Waals surface area (Å²) in [6.07, 6.45) is 4.29. The molecule has 0 aliphatic heterocycles. The van der Waals surface area contributed by atoms with Gasteiger partial charge < -0.3 is 10.6 Å². The van der Waals surface area contributed by atoms with E-state index in [0.29, 0.717) is 6.54 Å². The normalized spacial score (nSPS) is 10.2. The third-order valence-corrected chi connectivity index (χ3v) is 2.52. The van der Waals surface area contributed by atoms with Crippen LogP contribution in [0.4, 0.5) is 5.82 Å². The van der Waals surface area contributed by atoms with Gasteiger partial charge in [0.1, 0.15) is 12.1 Å². The second-order valence-corrected chi connectivity index (χ2v) is 3.77. The Morgan fingerprint density at radius 3 is 2.93 bits per heavy atom. The Morgan fingerprint density at radius 2 is 2.36 bits per heavy atom. The molecule has 0 amide bonds.